The van der Waals surface area contributed by atoms with Gasteiger partial charge in [0.25, 0.3) is 0 Å². The zero-order valence-electron chi connectivity index (χ0n) is 9.39. The van der Waals surface area contributed by atoms with Crippen molar-refractivity contribution in [3.63, 3.8) is 0 Å². The van der Waals surface area contributed by atoms with Gasteiger partial charge in [-0.15, -0.1) is 0 Å². The number of ketones is 1. The first-order valence-electron chi connectivity index (χ1n) is 5.49. The zero-order valence-corrected chi connectivity index (χ0v) is 9.39. The van der Waals surface area contributed by atoms with Crippen molar-refractivity contribution in [2.75, 3.05) is 19.8 Å². The first-order valence-corrected chi connectivity index (χ1v) is 5.49. The van der Waals surface area contributed by atoms with E-state index in [0.717, 1.165) is 0 Å². The molecule has 6 nitrogen and oxygen atoms in total. The molecule has 0 amide bonds. The predicted molar refractivity (Wildman–Crippen MR) is 55.9 cm³/mol. The Kier molecular flexibility index (Phi) is 5.34. The summed E-state index contributed by atoms with van der Waals surface area (Å²) in [4.78, 5) is 21.8. The van der Waals surface area contributed by atoms with Crippen LogP contribution in [0.2, 0.25) is 0 Å². The summed E-state index contributed by atoms with van der Waals surface area (Å²) in [6.45, 7) is 2.89. The lowest BCUT2D eigenvalue weighted by Crippen LogP contribution is -2.43. The molecule has 6 heteroatoms. The van der Waals surface area contributed by atoms with Gasteiger partial charge in [-0.25, -0.2) is 0 Å². The smallest absolute Gasteiger partial charge is 0.247 e. The highest BCUT2D eigenvalue weighted by Crippen LogP contribution is 2.13. The Labute approximate surface area is 94.1 Å². The maximum absolute atomic E-state index is 11.4. The van der Waals surface area contributed by atoms with E-state index in [2.05, 4.69) is 0 Å². The van der Waals surface area contributed by atoms with Crippen LogP contribution >= 0.6 is 0 Å². The normalized spacial score (nSPS) is 22.7. The van der Waals surface area contributed by atoms with Crippen molar-refractivity contribution < 1.29 is 19.2 Å². The van der Waals surface area contributed by atoms with Crippen LogP contribution in [0.3, 0.4) is 0 Å². The molecule has 0 spiro atoms. The topological polar surface area (TPSA) is 78.7 Å². The van der Waals surface area contributed by atoms with Crippen LogP contribution in [-0.2, 0) is 14.3 Å². The minimum atomic E-state index is -0.973. The van der Waals surface area contributed by atoms with E-state index in [1.807, 2.05) is 6.92 Å². The number of carbonyl (C=O) groups is 1. The quantitative estimate of drug-likeness (QED) is 0.499. The Morgan fingerprint density at radius 1 is 1.56 bits per heavy atom. The van der Waals surface area contributed by atoms with Crippen molar-refractivity contribution in [3.05, 3.63) is 10.1 Å². The Morgan fingerprint density at radius 2 is 2.31 bits per heavy atom. The van der Waals surface area contributed by atoms with Crippen molar-refractivity contribution in [3.8, 4) is 0 Å². The van der Waals surface area contributed by atoms with Crippen LogP contribution < -0.4 is 0 Å². The van der Waals surface area contributed by atoms with Gasteiger partial charge in [0.2, 0.25) is 6.04 Å². The van der Waals surface area contributed by atoms with Crippen molar-refractivity contribution in [2.45, 2.75) is 38.3 Å². The second-order valence-corrected chi connectivity index (χ2v) is 3.83. The molecule has 0 N–H and O–H groups in total. The van der Waals surface area contributed by atoms with Gasteiger partial charge < -0.3 is 9.47 Å². The van der Waals surface area contributed by atoms with Gasteiger partial charge in [-0.2, -0.15) is 0 Å². The molecule has 0 aromatic carbocycles. The molecule has 1 aliphatic heterocycles. The molecule has 1 aliphatic rings. The highest BCUT2D eigenvalue weighted by molar-refractivity contribution is 5.78. The number of ether oxygens (including phenoxy) is 2. The molecule has 2 atom stereocenters. The van der Waals surface area contributed by atoms with Gasteiger partial charge >= 0.3 is 0 Å². The summed E-state index contributed by atoms with van der Waals surface area (Å²) in [5.41, 5.74) is 0. The number of hydrogen-bond donors (Lipinski definition) is 0. The molecule has 0 saturated carbocycles. The average Bonchev–Trinajstić information content (AvgIpc) is 2.27. The summed E-state index contributed by atoms with van der Waals surface area (Å²) < 4.78 is 10.4. The van der Waals surface area contributed by atoms with E-state index in [9.17, 15) is 14.9 Å². The molecule has 1 saturated heterocycles. The third-order valence-electron chi connectivity index (χ3n) is 2.51. The predicted octanol–water partition coefficient (Wildman–Crippen LogP) is 0.806. The van der Waals surface area contributed by atoms with Gasteiger partial charge in [-0.05, 0) is 6.42 Å². The Bertz CT molecular complexity index is 248. The number of rotatable bonds is 6. The van der Waals surface area contributed by atoms with Gasteiger partial charge in [0, 0.05) is 11.3 Å². The molecule has 0 aromatic rings. The van der Waals surface area contributed by atoms with E-state index < -0.39 is 17.1 Å². The van der Waals surface area contributed by atoms with Gasteiger partial charge in [-0.3, -0.25) is 14.9 Å². The van der Waals surface area contributed by atoms with Crippen molar-refractivity contribution in [1.82, 2.24) is 0 Å². The highest BCUT2D eigenvalue weighted by atomic mass is 16.6. The molecule has 0 radical (unpaired) electrons. The molecule has 1 heterocycles. The van der Waals surface area contributed by atoms with Crippen LogP contribution in [0, 0.1) is 10.1 Å². The van der Waals surface area contributed by atoms with Crippen LogP contribution in [0.1, 0.15) is 26.2 Å². The monoisotopic (exact) mass is 231 g/mol. The molecule has 92 valence electrons. The lowest BCUT2D eigenvalue weighted by Gasteiger charge is -2.24. The van der Waals surface area contributed by atoms with Gasteiger partial charge in [0.15, 0.2) is 0 Å². The molecular weight excluding hydrogens is 214 g/mol. The third kappa shape index (κ3) is 3.86. The third-order valence-corrected chi connectivity index (χ3v) is 2.51. The lowest BCUT2D eigenvalue weighted by atomic mass is 10.0. The minimum Gasteiger partial charge on any atom is -0.376 e. The number of Topliss-reactive ketones (excluding diaryl/α,β-unsaturated/α-hetero) is 1. The van der Waals surface area contributed by atoms with Crippen LogP contribution in [0.15, 0.2) is 0 Å². The molecule has 0 aromatic heterocycles. The second kappa shape index (κ2) is 6.55. The average molecular weight is 231 g/mol. The van der Waals surface area contributed by atoms with E-state index in [4.69, 9.17) is 9.47 Å². The number of nitro groups is 1. The van der Waals surface area contributed by atoms with Crippen molar-refractivity contribution in [2.24, 2.45) is 0 Å². The Hall–Kier alpha value is -1.01. The van der Waals surface area contributed by atoms with Crippen LogP contribution in [-0.4, -0.2) is 42.7 Å². The zero-order chi connectivity index (χ0) is 12.0. The fraction of sp³-hybridized carbons (Fsp3) is 0.900. The Balaban J connectivity index is 2.52. The van der Waals surface area contributed by atoms with E-state index >= 15 is 0 Å². The fourth-order valence-corrected chi connectivity index (χ4v) is 1.68. The summed E-state index contributed by atoms with van der Waals surface area (Å²) >= 11 is 0. The molecule has 16 heavy (non-hydrogen) atoms. The molecule has 1 fully saturated rings. The highest BCUT2D eigenvalue weighted by Gasteiger charge is 2.35. The maximum atomic E-state index is 11.4. The largest absolute Gasteiger partial charge is 0.376 e. The lowest BCUT2D eigenvalue weighted by molar-refractivity contribution is -0.536. The van der Waals surface area contributed by atoms with Crippen LogP contribution in [0.4, 0.5) is 0 Å². The number of carbonyl (C=O) groups excluding carboxylic acids is 1. The summed E-state index contributed by atoms with van der Waals surface area (Å²) in [5.74, 6) is -0.0848. The first kappa shape index (κ1) is 13.1. The number of hydrogen-bond acceptors (Lipinski definition) is 5. The summed E-state index contributed by atoms with van der Waals surface area (Å²) in [5, 5.41) is 10.9. The molecule has 0 bridgehead atoms. The fourth-order valence-electron chi connectivity index (χ4n) is 1.68. The van der Waals surface area contributed by atoms with Crippen LogP contribution in [0.5, 0.6) is 0 Å². The molecule has 2 unspecified atom stereocenters. The van der Waals surface area contributed by atoms with Crippen molar-refractivity contribution in [1.29, 1.82) is 0 Å². The SMILES string of the molecule is CCCC(=O)CC(C1COCCO1)[N+](=O)[O-]. The van der Waals surface area contributed by atoms with Gasteiger partial charge in [-0.1, -0.05) is 6.92 Å². The summed E-state index contributed by atoms with van der Waals surface area (Å²) in [7, 11) is 0. The molecule has 1 rings (SSSR count). The van der Waals surface area contributed by atoms with Gasteiger partial charge in [0.05, 0.1) is 26.2 Å². The van der Waals surface area contributed by atoms with Gasteiger partial charge in [0.1, 0.15) is 11.9 Å². The van der Waals surface area contributed by atoms with E-state index in [0.29, 0.717) is 26.1 Å². The maximum Gasteiger partial charge on any atom is 0.247 e. The van der Waals surface area contributed by atoms with E-state index in [1.54, 1.807) is 0 Å². The number of nitrogens with zero attached hydrogens (tertiary/aromatic N) is 1. The van der Waals surface area contributed by atoms with Crippen LogP contribution in [0.25, 0.3) is 0 Å². The summed E-state index contributed by atoms with van der Waals surface area (Å²) in [6.07, 6.45) is 0.447. The van der Waals surface area contributed by atoms with E-state index in [-0.39, 0.29) is 18.8 Å². The first-order chi connectivity index (χ1) is 7.65. The molecule has 0 aliphatic carbocycles. The van der Waals surface area contributed by atoms with E-state index in [1.165, 1.54) is 0 Å². The Morgan fingerprint density at radius 3 is 2.81 bits per heavy atom. The standard InChI is InChI=1S/C10H17NO5/c1-2-3-8(12)6-9(11(13)14)10-7-15-4-5-16-10/h9-10H,2-7H2,1H3. The second-order valence-electron chi connectivity index (χ2n) is 3.83. The minimum absolute atomic E-state index is 0.0606. The summed E-state index contributed by atoms with van der Waals surface area (Å²) in [6, 6.07) is -0.973. The molecular formula is C10H17NO5. The van der Waals surface area contributed by atoms with Crippen molar-refractivity contribution >= 4 is 5.78 Å².